The van der Waals surface area contributed by atoms with Crippen molar-refractivity contribution in [2.45, 2.75) is 45.7 Å². The lowest BCUT2D eigenvalue weighted by molar-refractivity contribution is 0.249. The Bertz CT molecular complexity index is 510. The number of rotatable bonds is 4. The molecule has 1 unspecified atom stereocenters. The van der Waals surface area contributed by atoms with E-state index >= 15 is 0 Å². The molecule has 2 aromatic rings. The van der Waals surface area contributed by atoms with Crippen molar-refractivity contribution in [3.05, 3.63) is 34.0 Å². The SMILES string of the molecule is CC(c1nccs1)N(C)Cc1cc(C(C)(C)C)n[nH]1. The Morgan fingerprint density at radius 1 is 1.42 bits per heavy atom. The molecule has 0 aliphatic rings. The predicted octanol–water partition coefficient (Wildman–Crippen LogP) is 3.36. The Labute approximate surface area is 118 Å². The van der Waals surface area contributed by atoms with Gasteiger partial charge in [-0.3, -0.25) is 10.00 Å². The fourth-order valence-electron chi connectivity index (χ4n) is 1.86. The highest BCUT2D eigenvalue weighted by Crippen LogP contribution is 2.24. The summed E-state index contributed by atoms with van der Waals surface area (Å²) in [6, 6.07) is 2.48. The van der Waals surface area contributed by atoms with Crippen LogP contribution in [0.4, 0.5) is 0 Å². The Morgan fingerprint density at radius 2 is 2.16 bits per heavy atom. The second kappa shape index (κ2) is 5.43. The van der Waals surface area contributed by atoms with Crippen LogP contribution in [0.15, 0.2) is 17.6 Å². The second-order valence-electron chi connectivity index (χ2n) is 5.99. The molecule has 0 spiro atoms. The predicted molar refractivity (Wildman–Crippen MR) is 79.3 cm³/mol. The van der Waals surface area contributed by atoms with Crippen molar-refractivity contribution < 1.29 is 0 Å². The fourth-order valence-corrected chi connectivity index (χ4v) is 2.62. The van der Waals surface area contributed by atoms with Crippen LogP contribution in [0.2, 0.25) is 0 Å². The topological polar surface area (TPSA) is 44.8 Å². The summed E-state index contributed by atoms with van der Waals surface area (Å²) in [5.74, 6) is 0. The van der Waals surface area contributed by atoms with Gasteiger partial charge in [-0.1, -0.05) is 20.8 Å². The minimum atomic E-state index is 0.0915. The number of nitrogens with zero attached hydrogens (tertiary/aromatic N) is 3. The molecule has 0 amide bonds. The third-order valence-corrected chi connectivity index (χ3v) is 4.23. The fraction of sp³-hybridized carbons (Fsp3) is 0.571. The minimum absolute atomic E-state index is 0.0915. The van der Waals surface area contributed by atoms with Crippen molar-refractivity contribution in [2.75, 3.05) is 7.05 Å². The number of thiazole rings is 1. The van der Waals surface area contributed by atoms with Crippen LogP contribution in [-0.2, 0) is 12.0 Å². The summed E-state index contributed by atoms with van der Waals surface area (Å²) < 4.78 is 0. The van der Waals surface area contributed by atoms with E-state index in [1.54, 1.807) is 11.3 Å². The highest BCUT2D eigenvalue weighted by atomic mass is 32.1. The molecule has 4 nitrogen and oxygen atoms in total. The molecular weight excluding hydrogens is 256 g/mol. The van der Waals surface area contributed by atoms with Gasteiger partial charge in [-0.15, -0.1) is 11.3 Å². The highest BCUT2D eigenvalue weighted by Gasteiger charge is 2.19. The average molecular weight is 278 g/mol. The van der Waals surface area contributed by atoms with Gasteiger partial charge in [0.1, 0.15) is 5.01 Å². The van der Waals surface area contributed by atoms with E-state index in [1.807, 2.05) is 11.6 Å². The maximum absolute atomic E-state index is 4.40. The van der Waals surface area contributed by atoms with Crippen molar-refractivity contribution in [1.29, 1.82) is 0 Å². The third-order valence-electron chi connectivity index (χ3n) is 3.29. The number of hydrogen-bond acceptors (Lipinski definition) is 4. The third kappa shape index (κ3) is 3.42. The van der Waals surface area contributed by atoms with Crippen LogP contribution in [0, 0.1) is 0 Å². The van der Waals surface area contributed by atoms with E-state index in [0.29, 0.717) is 6.04 Å². The van der Waals surface area contributed by atoms with Gasteiger partial charge in [0.05, 0.1) is 11.7 Å². The molecule has 19 heavy (non-hydrogen) atoms. The average Bonchev–Trinajstić information content (AvgIpc) is 2.97. The quantitative estimate of drug-likeness (QED) is 0.932. The van der Waals surface area contributed by atoms with Crippen LogP contribution >= 0.6 is 11.3 Å². The molecule has 2 aromatic heterocycles. The van der Waals surface area contributed by atoms with Gasteiger partial charge in [-0.2, -0.15) is 5.10 Å². The first-order valence-electron chi connectivity index (χ1n) is 6.52. The number of aromatic amines is 1. The van der Waals surface area contributed by atoms with E-state index in [-0.39, 0.29) is 5.41 Å². The maximum Gasteiger partial charge on any atom is 0.109 e. The Balaban J connectivity index is 2.03. The molecule has 2 rings (SSSR count). The number of nitrogens with one attached hydrogen (secondary N) is 1. The molecule has 0 saturated heterocycles. The van der Waals surface area contributed by atoms with E-state index in [9.17, 15) is 0 Å². The van der Waals surface area contributed by atoms with E-state index in [4.69, 9.17) is 0 Å². The molecule has 0 bridgehead atoms. The first-order chi connectivity index (χ1) is 8.88. The first kappa shape index (κ1) is 14.2. The molecule has 104 valence electrons. The smallest absolute Gasteiger partial charge is 0.109 e. The van der Waals surface area contributed by atoms with Gasteiger partial charge < -0.3 is 0 Å². The lowest BCUT2D eigenvalue weighted by atomic mass is 9.92. The van der Waals surface area contributed by atoms with E-state index in [2.05, 4.69) is 60.9 Å². The Hall–Kier alpha value is -1.20. The summed E-state index contributed by atoms with van der Waals surface area (Å²) >= 11 is 1.70. The lowest BCUT2D eigenvalue weighted by Gasteiger charge is -2.22. The van der Waals surface area contributed by atoms with Gasteiger partial charge in [-0.05, 0) is 20.0 Å². The van der Waals surface area contributed by atoms with Crippen molar-refractivity contribution in [1.82, 2.24) is 20.1 Å². The summed E-state index contributed by atoms with van der Waals surface area (Å²) in [5, 5.41) is 10.7. The summed E-state index contributed by atoms with van der Waals surface area (Å²) in [6.45, 7) is 9.56. The maximum atomic E-state index is 4.40. The largest absolute Gasteiger partial charge is 0.291 e. The first-order valence-corrected chi connectivity index (χ1v) is 7.40. The Morgan fingerprint density at radius 3 is 2.68 bits per heavy atom. The summed E-state index contributed by atoms with van der Waals surface area (Å²) in [7, 11) is 2.11. The van der Waals surface area contributed by atoms with Gasteiger partial charge in [0.2, 0.25) is 0 Å². The van der Waals surface area contributed by atoms with Crippen LogP contribution in [0.25, 0.3) is 0 Å². The molecule has 5 heteroatoms. The molecule has 0 saturated carbocycles. The van der Waals surface area contributed by atoms with E-state index in [1.165, 1.54) is 0 Å². The standard InChI is InChI=1S/C14H22N4S/c1-10(13-15-6-7-19-13)18(5)9-11-8-12(17-16-11)14(2,3)4/h6-8,10H,9H2,1-5H3,(H,16,17). The molecule has 0 aromatic carbocycles. The minimum Gasteiger partial charge on any atom is -0.291 e. The molecule has 0 fully saturated rings. The summed E-state index contributed by atoms with van der Waals surface area (Å²) in [6.07, 6.45) is 1.86. The van der Waals surface area contributed by atoms with Crippen molar-refractivity contribution >= 4 is 11.3 Å². The van der Waals surface area contributed by atoms with Gasteiger partial charge in [0, 0.05) is 29.2 Å². The molecule has 0 radical (unpaired) electrons. The van der Waals surface area contributed by atoms with Gasteiger partial charge >= 0.3 is 0 Å². The zero-order chi connectivity index (χ0) is 14.0. The Kier molecular flexibility index (Phi) is 4.06. The van der Waals surface area contributed by atoms with Gasteiger partial charge in [0.25, 0.3) is 0 Å². The van der Waals surface area contributed by atoms with E-state index in [0.717, 1.165) is 22.9 Å². The zero-order valence-corrected chi connectivity index (χ0v) is 13.1. The van der Waals surface area contributed by atoms with Gasteiger partial charge in [-0.25, -0.2) is 4.98 Å². The van der Waals surface area contributed by atoms with Crippen molar-refractivity contribution in [2.24, 2.45) is 0 Å². The zero-order valence-electron chi connectivity index (χ0n) is 12.3. The van der Waals surface area contributed by atoms with Crippen LogP contribution in [0.1, 0.15) is 50.1 Å². The molecule has 0 aliphatic heterocycles. The molecule has 1 atom stereocenters. The highest BCUT2D eigenvalue weighted by molar-refractivity contribution is 7.09. The summed E-state index contributed by atoms with van der Waals surface area (Å²) in [5.41, 5.74) is 2.35. The summed E-state index contributed by atoms with van der Waals surface area (Å²) in [4.78, 5) is 6.65. The van der Waals surface area contributed by atoms with Crippen molar-refractivity contribution in [3.8, 4) is 0 Å². The number of aromatic nitrogens is 3. The number of hydrogen-bond donors (Lipinski definition) is 1. The van der Waals surface area contributed by atoms with Crippen molar-refractivity contribution in [3.63, 3.8) is 0 Å². The normalized spacial score (nSPS) is 14.0. The number of H-pyrrole nitrogens is 1. The van der Waals surface area contributed by atoms with Crippen LogP contribution in [0.5, 0.6) is 0 Å². The van der Waals surface area contributed by atoms with Gasteiger partial charge in [0.15, 0.2) is 0 Å². The second-order valence-corrected chi connectivity index (χ2v) is 6.92. The van der Waals surface area contributed by atoms with Crippen LogP contribution < -0.4 is 0 Å². The molecule has 1 N–H and O–H groups in total. The molecule has 2 heterocycles. The van der Waals surface area contributed by atoms with Crippen LogP contribution in [-0.4, -0.2) is 27.1 Å². The molecule has 0 aliphatic carbocycles. The molecular formula is C14H22N4S. The van der Waals surface area contributed by atoms with Crippen LogP contribution in [0.3, 0.4) is 0 Å². The monoisotopic (exact) mass is 278 g/mol. The van der Waals surface area contributed by atoms with E-state index < -0.39 is 0 Å². The lowest BCUT2D eigenvalue weighted by Crippen LogP contribution is -2.22.